The Morgan fingerprint density at radius 2 is 2.40 bits per heavy atom. The first-order valence-corrected chi connectivity index (χ1v) is 5.25. The number of ether oxygens (including phenoxy) is 1. The second kappa shape index (κ2) is 3.86. The van der Waals surface area contributed by atoms with Crippen molar-refractivity contribution in [2.75, 3.05) is 7.11 Å². The third-order valence-corrected chi connectivity index (χ3v) is 2.99. The van der Waals surface area contributed by atoms with Gasteiger partial charge in [-0.2, -0.15) is 0 Å². The Balaban J connectivity index is 2.41. The van der Waals surface area contributed by atoms with Gasteiger partial charge in [0.05, 0.1) is 29.7 Å². The van der Waals surface area contributed by atoms with Gasteiger partial charge in [-0.25, -0.2) is 4.79 Å². The number of nitrogens with one attached hydrogen (secondary N) is 1. The Hall–Kier alpha value is -1.62. The Labute approximate surface area is 90.6 Å². The fourth-order valence-electron chi connectivity index (χ4n) is 1.44. The van der Waals surface area contributed by atoms with Crippen molar-refractivity contribution in [1.82, 2.24) is 5.32 Å². The van der Waals surface area contributed by atoms with Gasteiger partial charge in [0.2, 0.25) is 5.91 Å². The van der Waals surface area contributed by atoms with Gasteiger partial charge in [0.15, 0.2) is 0 Å². The summed E-state index contributed by atoms with van der Waals surface area (Å²) in [7, 11) is 1.31. The van der Waals surface area contributed by atoms with Crippen molar-refractivity contribution in [3.63, 3.8) is 0 Å². The molecular weight excluding hydrogens is 214 g/mol. The molecule has 0 saturated heterocycles. The van der Waals surface area contributed by atoms with Crippen molar-refractivity contribution in [3.8, 4) is 0 Å². The molecule has 5 heteroatoms. The summed E-state index contributed by atoms with van der Waals surface area (Å²) in [4.78, 5) is 23.5. The highest BCUT2D eigenvalue weighted by atomic mass is 32.1. The second-order valence-corrected chi connectivity index (χ2v) is 4.00. The summed E-state index contributed by atoms with van der Waals surface area (Å²) in [6.45, 7) is 0. The molecule has 2 heterocycles. The number of rotatable bonds is 2. The summed E-state index contributed by atoms with van der Waals surface area (Å²) in [5.41, 5.74) is 0.992. The maximum atomic E-state index is 11.4. The van der Waals surface area contributed by atoms with Gasteiger partial charge in [0.1, 0.15) is 0 Å². The van der Waals surface area contributed by atoms with Crippen molar-refractivity contribution in [3.05, 3.63) is 28.0 Å². The molecule has 2 rings (SSSR count). The standard InChI is InChI=1S/C10H9NO3S/c1-14-10(13)6-5-8(12)11-9(6)7-3-2-4-15-7/h2-4H,5H2,1H3,(H,11,12). The predicted octanol–water partition coefficient (Wildman–Crippen LogP) is 1.15. The topological polar surface area (TPSA) is 55.4 Å². The van der Waals surface area contributed by atoms with Crippen molar-refractivity contribution >= 4 is 28.9 Å². The minimum atomic E-state index is -0.447. The zero-order chi connectivity index (χ0) is 10.8. The molecule has 0 atom stereocenters. The molecule has 1 aromatic rings. The summed E-state index contributed by atoms with van der Waals surface area (Å²) in [6.07, 6.45) is 0.0971. The smallest absolute Gasteiger partial charge is 0.336 e. The highest BCUT2D eigenvalue weighted by Gasteiger charge is 2.28. The molecule has 0 saturated carbocycles. The minimum absolute atomic E-state index is 0.0971. The Bertz CT molecular complexity index is 434. The van der Waals surface area contributed by atoms with E-state index in [1.165, 1.54) is 18.4 Å². The van der Waals surface area contributed by atoms with Crippen LogP contribution in [0.4, 0.5) is 0 Å². The predicted molar refractivity (Wildman–Crippen MR) is 56.0 cm³/mol. The first kappa shape index (κ1) is 9.92. The summed E-state index contributed by atoms with van der Waals surface area (Å²) in [6, 6.07) is 3.72. The van der Waals surface area contributed by atoms with Crippen LogP contribution in [0.3, 0.4) is 0 Å². The minimum Gasteiger partial charge on any atom is -0.466 e. The molecule has 1 amide bonds. The van der Waals surface area contributed by atoms with Crippen molar-refractivity contribution in [2.45, 2.75) is 6.42 Å². The zero-order valence-electron chi connectivity index (χ0n) is 8.07. The SMILES string of the molecule is COC(=O)C1=C(c2cccs2)NC(=O)C1. The number of hydrogen-bond donors (Lipinski definition) is 1. The lowest BCUT2D eigenvalue weighted by Crippen LogP contribution is -2.13. The molecule has 4 nitrogen and oxygen atoms in total. The molecule has 1 aliphatic rings. The van der Waals surface area contributed by atoms with Crippen molar-refractivity contribution in [1.29, 1.82) is 0 Å². The number of hydrogen-bond acceptors (Lipinski definition) is 4. The molecule has 0 aromatic carbocycles. The third-order valence-electron chi connectivity index (χ3n) is 2.10. The van der Waals surface area contributed by atoms with Crippen LogP contribution in [0.1, 0.15) is 11.3 Å². The van der Waals surface area contributed by atoms with Gasteiger partial charge in [0, 0.05) is 0 Å². The first-order valence-electron chi connectivity index (χ1n) is 4.37. The van der Waals surface area contributed by atoms with Gasteiger partial charge in [-0.15, -0.1) is 11.3 Å². The van der Waals surface area contributed by atoms with Crippen LogP contribution in [0.5, 0.6) is 0 Å². The molecule has 0 fully saturated rings. The normalized spacial score (nSPS) is 15.4. The molecule has 15 heavy (non-hydrogen) atoms. The van der Waals surface area contributed by atoms with E-state index in [-0.39, 0.29) is 12.3 Å². The maximum Gasteiger partial charge on any atom is 0.336 e. The quantitative estimate of drug-likeness (QED) is 0.765. The second-order valence-electron chi connectivity index (χ2n) is 3.05. The molecule has 1 N–H and O–H groups in total. The summed E-state index contributed by atoms with van der Waals surface area (Å²) in [5.74, 6) is -0.615. The fourth-order valence-corrected chi connectivity index (χ4v) is 2.19. The number of esters is 1. The molecular formula is C10H9NO3S. The summed E-state index contributed by atoms with van der Waals surface area (Å²) < 4.78 is 4.63. The van der Waals surface area contributed by atoms with E-state index in [0.29, 0.717) is 11.3 Å². The molecule has 78 valence electrons. The number of carbonyl (C=O) groups excluding carboxylic acids is 2. The van der Waals surface area contributed by atoms with Gasteiger partial charge >= 0.3 is 5.97 Å². The van der Waals surface area contributed by atoms with E-state index in [9.17, 15) is 9.59 Å². The van der Waals surface area contributed by atoms with E-state index < -0.39 is 5.97 Å². The van der Waals surface area contributed by atoms with Gasteiger partial charge in [-0.1, -0.05) is 6.07 Å². The Morgan fingerprint density at radius 3 is 3.00 bits per heavy atom. The van der Waals surface area contributed by atoms with Crippen LogP contribution in [0.15, 0.2) is 23.1 Å². The average Bonchev–Trinajstić information content (AvgIpc) is 2.84. The third kappa shape index (κ3) is 1.78. The Kier molecular flexibility index (Phi) is 2.55. The van der Waals surface area contributed by atoms with E-state index in [1.807, 2.05) is 17.5 Å². The lowest BCUT2D eigenvalue weighted by Gasteiger charge is -2.02. The lowest BCUT2D eigenvalue weighted by molar-refractivity contribution is -0.136. The summed E-state index contributed by atoms with van der Waals surface area (Å²) in [5, 5.41) is 4.56. The van der Waals surface area contributed by atoms with Crippen LogP contribution in [0, 0.1) is 0 Å². The van der Waals surface area contributed by atoms with Crippen molar-refractivity contribution in [2.24, 2.45) is 0 Å². The largest absolute Gasteiger partial charge is 0.466 e. The fraction of sp³-hybridized carbons (Fsp3) is 0.200. The van der Waals surface area contributed by atoms with Crippen LogP contribution in [0.2, 0.25) is 0 Å². The molecule has 0 aliphatic carbocycles. The number of thiophene rings is 1. The van der Waals surface area contributed by atoms with Gasteiger partial charge in [-0.05, 0) is 11.4 Å². The lowest BCUT2D eigenvalue weighted by atomic mass is 10.2. The van der Waals surface area contributed by atoms with Crippen LogP contribution in [-0.2, 0) is 14.3 Å². The van der Waals surface area contributed by atoms with Crippen molar-refractivity contribution < 1.29 is 14.3 Å². The van der Waals surface area contributed by atoms with E-state index in [2.05, 4.69) is 10.1 Å². The molecule has 0 radical (unpaired) electrons. The highest BCUT2D eigenvalue weighted by Crippen LogP contribution is 2.27. The molecule has 0 bridgehead atoms. The molecule has 0 unspecified atom stereocenters. The number of carbonyl (C=O) groups is 2. The Morgan fingerprint density at radius 1 is 1.60 bits per heavy atom. The number of methoxy groups -OCH3 is 1. The molecule has 0 spiro atoms. The summed E-state index contributed by atoms with van der Waals surface area (Å²) >= 11 is 1.47. The van der Waals surface area contributed by atoms with Crippen LogP contribution in [-0.4, -0.2) is 19.0 Å². The average molecular weight is 223 g/mol. The molecule has 1 aliphatic heterocycles. The van der Waals surface area contributed by atoms with Gasteiger partial charge < -0.3 is 10.1 Å². The van der Waals surface area contributed by atoms with Crippen LogP contribution in [0.25, 0.3) is 5.70 Å². The van der Waals surface area contributed by atoms with E-state index in [4.69, 9.17) is 0 Å². The first-order chi connectivity index (χ1) is 7.22. The maximum absolute atomic E-state index is 11.4. The zero-order valence-corrected chi connectivity index (χ0v) is 8.89. The van der Waals surface area contributed by atoms with E-state index in [1.54, 1.807) is 0 Å². The van der Waals surface area contributed by atoms with Crippen LogP contribution < -0.4 is 5.32 Å². The highest BCUT2D eigenvalue weighted by molar-refractivity contribution is 7.11. The molecule has 1 aromatic heterocycles. The number of amides is 1. The van der Waals surface area contributed by atoms with Crippen LogP contribution >= 0.6 is 11.3 Å². The van der Waals surface area contributed by atoms with Gasteiger partial charge in [-0.3, -0.25) is 4.79 Å². The van der Waals surface area contributed by atoms with E-state index >= 15 is 0 Å². The van der Waals surface area contributed by atoms with E-state index in [0.717, 1.165) is 4.88 Å². The monoisotopic (exact) mass is 223 g/mol. The van der Waals surface area contributed by atoms with Gasteiger partial charge in [0.25, 0.3) is 0 Å².